The molecule has 0 fully saturated rings. The van der Waals surface area contributed by atoms with Gasteiger partial charge in [-0.05, 0) is 23.6 Å². The number of nitrogens with zero attached hydrogens (tertiary/aromatic N) is 3. The van der Waals surface area contributed by atoms with Gasteiger partial charge in [0, 0.05) is 35.9 Å². The van der Waals surface area contributed by atoms with Gasteiger partial charge in [0.25, 0.3) is 0 Å². The molecule has 5 nitrogen and oxygen atoms in total. The van der Waals surface area contributed by atoms with Gasteiger partial charge in [0.05, 0.1) is 13.2 Å². The van der Waals surface area contributed by atoms with Crippen molar-refractivity contribution in [3.8, 4) is 11.8 Å². The fourth-order valence-electron chi connectivity index (χ4n) is 2.65. The Bertz CT molecular complexity index is 924. The summed E-state index contributed by atoms with van der Waals surface area (Å²) in [5.41, 5.74) is 2.54. The van der Waals surface area contributed by atoms with Crippen LogP contribution in [0.15, 0.2) is 47.2 Å². The van der Waals surface area contributed by atoms with Crippen molar-refractivity contribution >= 4 is 0 Å². The first-order valence-electron chi connectivity index (χ1n) is 8.71. The zero-order valence-electron chi connectivity index (χ0n) is 15.4. The van der Waals surface area contributed by atoms with Crippen LogP contribution in [0.2, 0.25) is 0 Å². The average Bonchev–Trinajstić information content (AvgIpc) is 3.29. The summed E-state index contributed by atoms with van der Waals surface area (Å²) >= 11 is 0. The molecular formula is C21H23N3O2. The molecule has 0 aliphatic heterocycles. The molecule has 0 radical (unpaired) electrons. The Labute approximate surface area is 153 Å². The van der Waals surface area contributed by atoms with Crippen LogP contribution in [-0.2, 0) is 18.4 Å². The maximum absolute atomic E-state index is 9.44. The van der Waals surface area contributed by atoms with Gasteiger partial charge in [0.1, 0.15) is 11.5 Å². The van der Waals surface area contributed by atoms with Crippen LogP contribution in [0.25, 0.3) is 0 Å². The number of rotatable bonds is 5. The minimum Gasteiger partial charge on any atom is -0.395 e. The molecular weight excluding hydrogens is 326 g/mol. The van der Waals surface area contributed by atoms with Gasteiger partial charge in [-0.15, -0.1) is 0 Å². The second-order valence-electron chi connectivity index (χ2n) is 6.88. The summed E-state index contributed by atoms with van der Waals surface area (Å²) in [5.74, 6) is 7.65. The Morgan fingerprint density at radius 1 is 1.19 bits per heavy atom. The number of aliphatic hydroxyl groups excluding tert-OH is 1. The molecule has 0 saturated heterocycles. The van der Waals surface area contributed by atoms with Crippen molar-refractivity contribution in [1.82, 2.24) is 14.7 Å². The summed E-state index contributed by atoms with van der Waals surface area (Å²) in [6, 6.07) is 9.76. The van der Waals surface area contributed by atoms with Gasteiger partial charge >= 0.3 is 0 Å². The Hall–Kier alpha value is -2.84. The van der Waals surface area contributed by atoms with E-state index in [4.69, 9.17) is 4.52 Å². The smallest absolute Gasteiger partial charge is 0.210 e. The van der Waals surface area contributed by atoms with Crippen molar-refractivity contribution in [2.75, 3.05) is 6.61 Å². The standard InChI is InChI=1S/C21H23N3O2/c1-4-20-22-11-12-24(20)14-18-13-19(26-23-18)10-7-16-5-8-17(9-6-16)21(2,3)15-25/h5-6,8-9,11-13,25H,4,14-15H2,1-3H3. The first-order valence-corrected chi connectivity index (χ1v) is 8.71. The summed E-state index contributed by atoms with van der Waals surface area (Å²) in [6.45, 7) is 6.82. The van der Waals surface area contributed by atoms with E-state index < -0.39 is 0 Å². The fourth-order valence-corrected chi connectivity index (χ4v) is 2.65. The van der Waals surface area contributed by atoms with Gasteiger partial charge in [-0.1, -0.05) is 44.0 Å². The molecule has 1 N–H and O–H groups in total. The van der Waals surface area contributed by atoms with Crippen LogP contribution < -0.4 is 0 Å². The normalized spacial score (nSPS) is 11.2. The van der Waals surface area contributed by atoms with Crippen molar-refractivity contribution in [2.45, 2.75) is 39.2 Å². The van der Waals surface area contributed by atoms with Crippen molar-refractivity contribution in [3.63, 3.8) is 0 Å². The molecule has 0 atom stereocenters. The van der Waals surface area contributed by atoms with E-state index in [1.54, 1.807) is 6.20 Å². The monoisotopic (exact) mass is 349 g/mol. The van der Waals surface area contributed by atoms with Crippen LogP contribution in [0.5, 0.6) is 0 Å². The largest absolute Gasteiger partial charge is 0.395 e. The SMILES string of the molecule is CCc1nccn1Cc1cc(C#Cc2ccc(C(C)(C)CO)cc2)on1. The number of imidazole rings is 1. The van der Waals surface area contributed by atoms with E-state index in [2.05, 4.69) is 33.5 Å². The lowest BCUT2D eigenvalue weighted by Crippen LogP contribution is -2.21. The molecule has 26 heavy (non-hydrogen) atoms. The van der Waals surface area contributed by atoms with E-state index in [0.717, 1.165) is 29.1 Å². The summed E-state index contributed by atoms with van der Waals surface area (Å²) < 4.78 is 7.37. The molecule has 0 bridgehead atoms. The van der Waals surface area contributed by atoms with Gasteiger partial charge < -0.3 is 14.2 Å². The van der Waals surface area contributed by atoms with Gasteiger partial charge in [-0.2, -0.15) is 0 Å². The molecule has 0 amide bonds. The van der Waals surface area contributed by atoms with Gasteiger partial charge in [0.2, 0.25) is 5.76 Å². The third-order valence-corrected chi connectivity index (χ3v) is 4.40. The summed E-state index contributed by atoms with van der Waals surface area (Å²) in [6.07, 6.45) is 4.61. The predicted octanol–water partition coefficient (Wildman–Crippen LogP) is 3.15. The minimum atomic E-state index is -0.254. The van der Waals surface area contributed by atoms with E-state index in [-0.39, 0.29) is 12.0 Å². The van der Waals surface area contributed by atoms with Crippen molar-refractivity contribution < 1.29 is 9.63 Å². The first kappa shape index (κ1) is 18.0. The Morgan fingerprint density at radius 2 is 1.96 bits per heavy atom. The predicted molar refractivity (Wildman–Crippen MR) is 99.7 cm³/mol. The molecule has 2 aromatic heterocycles. The zero-order chi connectivity index (χ0) is 18.6. The van der Waals surface area contributed by atoms with Crippen molar-refractivity contribution in [1.29, 1.82) is 0 Å². The van der Waals surface area contributed by atoms with E-state index >= 15 is 0 Å². The van der Waals surface area contributed by atoms with Crippen LogP contribution in [0.4, 0.5) is 0 Å². The number of aryl methyl sites for hydroxylation is 1. The molecule has 2 heterocycles. The summed E-state index contributed by atoms with van der Waals surface area (Å²) in [4.78, 5) is 4.30. The van der Waals surface area contributed by atoms with Crippen LogP contribution in [0, 0.1) is 11.8 Å². The molecule has 3 rings (SSSR count). The molecule has 1 aromatic carbocycles. The number of aromatic nitrogens is 3. The van der Waals surface area contributed by atoms with E-state index in [1.807, 2.05) is 50.4 Å². The van der Waals surface area contributed by atoms with E-state index in [0.29, 0.717) is 12.3 Å². The van der Waals surface area contributed by atoms with E-state index in [1.165, 1.54) is 0 Å². The highest BCUT2D eigenvalue weighted by Crippen LogP contribution is 2.22. The van der Waals surface area contributed by atoms with Crippen LogP contribution in [0.3, 0.4) is 0 Å². The van der Waals surface area contributed by atoms with Crippen molar-refractivity contribution in [3.05, 3.63) is 71.1 Å². The Kier molecular flexibility index (Phi) is 5.24. The summed E-state index contributed by atoms with van der Waals surface area (Å²) in [5, 5.41) is 13.5. The van der Waals surface area contributed by atoms with E-state index in [9.17, 15) is 5.11 Å². The average molecular weight is 349 g/mol. The molecule has 3 aromatic rings. The second kappa shape index (κ2) is 7.59. The lowest BCUT2D eigenvalue weighted by molar-refractivity contribution is 0.218. The third-order valence-electron chi connectivity index (χ3n) is 4.40. The number of hydrogen-bond donors (Lipinski definition) is 1. The molecule has 134 valence electrons. The maximum Gasteiger partial charge on any atom is 0.210 e. The quantitative estimate of drug-likeness (QED) is 0.719. The van der Waals surface area contributed by atoms with Gasteiger partial charge in [-0.3, -0.25) is 0 Å². The topological polar surface area (TPSA) is 64.1 Å². The lowest BCUT2D eigenvalue weighted by Gasteiger charge is -2.21. The van der Waals surface area contributed by atoms with Crippen LogP contribution >= 0.6 is 0 Å². The highest BCUT2D eigenvalue weighted by molar-refractivity contribution is 5.41. The molecule has 0 spiro atoms. The molecule has 0 aliphatic rings. The highest BCUT2D eigenvalue weighted by atomic mass is 16.5. The Morgan fingerprint density at radius 3 is 2.65 bits per heavy atom. The molecule has 5 heteroatoms. The molecule has 0 unspecified atom stereocenters. The second-order valence-corrected chi connectivity index (χ2v) is 6.88. The van der Waals surface area contributed by atoms with Gasteiger partial charge in [-0.25, -0.2) is 4.98 Å². The lowest BCUT2D eigenvalue weighted by atomic mass is 9.85. The van der Waals surface area contributed by atoms with Crippen LogP contribution in [-0.4, -0.2) is 26.4 Å². The summed E-state index contributed by atoms with van der Waals surface area (Å²) in [7, 11) is 0. The van der Waals surface area contributed by atoms with Gasteiger partial charge in [0.15, 0.2) is 0 Å². The number of benzene rings is 1. The number of aliphatic hydroxyl groups is 1. The maximum atomic E-state index is 9.44. The molecule has 0 aliphatic carbocycles. The fraction of sp³-hybridized carbons (Fsp3) is 0.333. The molecule has 0 saturated carbocycles. The zero-order valence-corrected chi connectivity index (χ0v) is 15.4. The minimum absolute atomic E-state index is 0.107. The first-order chi connectivity index (χ1) is 12.5. The van der Waals surface area contributed by atoms with Crippen molar-refractivity contribution in [2.24, 2.45) is 0 Å². The number of hydrogen-bond acceptors (Lipinski definition) is 4. The van der Waals surface area contributed by atoms with Crippen LogP contribution in [0.1, 0.15) is 49.2 Å². The highest BCUT2D eigenvalue weighted by Gasteiger charge is 2.18. The Balaban J connectivity index is 1.70. The third kappa shape index (κ3) is 4.04.